The Bertz CT molecular complexity index is 176. The molecule has 4 heteroatoms. The highest BCUT2D eigenvalue weighted by atomic mass is 35.5. The summed E-state index contributed by atoms with van der Waals surface area (Å²) >= 11 is 5.57. The fourth-order valence-corrected chi connectivity index (χ4v) is 1.73. The highest BCUT2D eigenvalue weighted by Crippen LogP contribution is 2.05. The van der Waals surface area contributed by atoms with Crippen molar-refractivity contribution in [1.82, 2.24) is 4.90 Å². The molecule has 0 atom stereocenters. The Morgan fingerprint density at radius 3 is 2.79 bits per heavy atom. The average molecular weight is 220 g/mol. The van der Waals surface area contributed by atoms with Crippen LogP contribution in [0, 0.1) is 0 Å². The van der Waals surface area contributed by atoms with E-state index in [0.29, 0.717) is 6.61 Å². The van der Waals surface area contributed by atoms with Crippen molar-refractivity contribution in [2.24, 2.45) is 0 Å². The molecule has 0 aromatic rings. The van der Waals surface area contributed by atoms with Gasteiger partial charge in [0.15, 0.2) is 0 Å². The Labute approximate surface area is 90.4 Å². The van der Waals surface area contributed by atoms with E-state index in [4.69, 9.17) is 16.3 Å². The van der Waals surface area contributed by atoms with E-state index in [1.165, 1.54) is 6.42 Å². The van der Waals surface area contributed by atoms with E-state index >= 15 is 0 Å². The zero-order valence-electron chi connectivity index (χ0n) is 8.51. The van der Waals surface area contributed by atoms with Crippen molar-refractivity contribution in [1.29, 1.82) is 0 Å². The maximum absolute atomic E-state index is 11.3. The molecule has 0 spiro atoms. The smallest absolute Gasteiger partial charge is 0.248 e. The van der Waals surface area contributed by atoms with Crippen LogP contribution in [0.4, 0.5) is 0 Å². The zero-order chi connectivity index (χ0) is 10.2. The van der Waals surface area contributed by atoms with Gasteiger partial charge < -0.3 is 9.64 Å². The minimum Gasteiger partial charge on any atom is -0.370 e. The first-order valence-electron chi connectivity index (χ1n) is 5.26. The second-order valence-corrected chi connectivity index (χ2v) is 3.91. The number of unbranched alkanes of at least 4 members (excludes halogenated alkanes) is 3. The minimum absolute atomic E-state index is 0.133. The fraction of sp³-hybridized carbons (Fsp3) is 0.900. The van der Waals surface area contributed by atoms with Gasteiger partial charge in [-0.05, 0) is 12.8 Å². The lowest BCUT2D eigenvalue weighted by Gasteiger charge is -2.26. The number of morpholine rings is 1. The topological polar surface area (TPSA) is 29.5 Å². The van der Waals surface area contributed by atoms with Crippen LogP contribution in [0.5, 0.6) is 0 Å². The molecule has 0 bridgehead atoms. The van der Waals surface area contributed by atoms with Gasteiger partial charge in [-0.2, -0.15) is 0 Å². The Hall–Kier alpha value is -0.280. The standard InChI is InChI=1S/C10H18ClNO2/c11-5-3-1-2-4-6-12-7-8-14-9-10(12)13/h1-9H2. The van der Waals surface area contributed by atoms with E-state index in [0.717, 1.165) is 38.2 Å². The first-order valence-corrected chi connectivity index (χ1v) is 5.79. The molecule has 0 unspecified atom stereocenters. The molecule has 14 heavy (non-hydrogen) atoms. The summed E-state index contributed by atoms with van der Waals surface area (Å²) < 4.78 is 5.05. The summed E-state index contributed by atoms with van der Waals surface area (Å²) in [6.45, 7) is 2.59. The van der Waals surface area contributed by atoms with Gasteiger partial charge in [0.05, 0.1) is 6.61 Å². The molecule has 1 aliphatic heterocycles. The summed E-state index contributed by atoms with van der Waals surface area (Å²) in [5.74, 6) is 0.879. The van der Waals surface area contributed by atoms with E-state index in [1.54, 1.807) is 0 Å². The number of carbonyl (C=O) groups is 1. The van der Waals surface area contributed by atoms with E-state index in [9.17, 15) is 4.79 Å². The van der Waals surface area contributed by atoms with Crippen LogP contribution >= 0.6 is 11.6 Å². The molecule has 0 radical (unpaired) electrons. The number of ether oxygens (including phenoxy) is 1. The zero-order valence-corrected chi connectivity index (χ0v) is 9.26. The Morgan fingerprint density at radius 2 is 2.07 bits per heavy atom. The highest BCUT2D eigenvalue weighted by molar-refractivity contribution is 6.17. The van der Waals surface area contributed by atoms with Crippen LogP contribution in [-0.2, 0) is 9.53 Å². The number of amides is 1. The summed E-state index contributed by atoms with van der Waals surface area (Å²) in [6.07, 6.45) is 4.50. The van der Waals surface area contributed by atoms with Crippen LogP contribution in [0.15, 0.2) is 0 Å². The number of carbonyl (C=O) groups excluding carboxylic acids is 1. The third-order valence-electron chi connectivity index (χ3n) is 2.40. The summed E-state index contributed by atoms with van der Waals surface area (Å²) in [5.41, 5.74) is 0. The van der Waals surface area contributed by atoms with Crippen molar-refractivity contribution < 1.29 is 9.53 Å². The number of hydrogen-bond acceptors (Lipinski definition) is 2. The second kappa shape index (κ2) is 7.07. The van der Waals surface area contributed by atoms with Crippen LogP contribution in [0.3, 0.4) is 0 Å². The molecular weight excluding hydrogens is 202 g/mol. The number of rotatable bonds is 6. The van der Waals surface area contributed by atoms with Gasteiger partial charge in [-0.3, -0.25) is 4.79 Å². The fourth-order valence-electron chi connectivity index (χ4n) is 1.54. The van der Waals surface area contributed by atoms with Crippen molar-refractivity contribution in [3.8, 4) is 0 Å². The summed E-state index contributed by atoms with van der Waals surface area (Å²) in [7, 11) is 0. The van der Waals surface area contributed by atoms with E-state index in [1.807, 2.05) is 4.90 Å². The third kappa shape index (κ3) is 4.29. The lowest BCUT2D eigenvalue weighted by Crippen LogP contribution is -2.41. The van der Waals surface area contributed by atoms with Gasteiger partial charge in [0.2, 0.25) is 5.91 Å². The third-order valence-corrected chi connectivity index (χ3v) is 2.66. The van der Waals surface area contributed by atoms with Crippen molar-refractivity contribution in [3.05, 3.63) is 0 Å². The SMILES string of the molecule is O=C1COCCN1CCCCCCCl. The first kappa shape index (κ1) is 11.8. The van der Waals surface area contributed by atoms with E-state index < -0.39 is 0 Å². The predicted molar refractivity (Wildman–Crippen MR) is 56.6 cm³/mol. The lowest BCUT2D eigenvalue weighted by molar-refractivity contribution is -0.142. The molecule has 3 nitrogen and oxygen atoms in total. The number of halogens is 1. The normalized spacial score (nSPS) is 17.5. The number of nitrogens with zero attached hydrogens (tertiary/aromatic N) is 1. The van der Waals surface area contributed by atoms with Crippen LogP contribution in [0.25, 0.3) is 0 Å². The molecular formula is C10H18ClNO2. The van der Waals surface area contributed by atoms with Gasteiger partial charge in [-0.1, -0.05) is 12.8 Å². The molecule has 1 rings (SSSR count). The maximum Gasteiger partial charge on any atom is 0.248 e. The Morgan fingerprint density at radius 1 is 1.29 bits per heavy atom. The van der Waals surface area contributed by atoms with Gasteiger partial charge in [-0.15, -0.1) is 11.6 Å². The molecule has 0 aromatic carbocycles. The molecule has 0 aromatic heterocycles. The summed E-state index contributed by atoms with van der Waals surface area (Å²) in [4.78, 5) is 13.2. The number of hydrogen-bond donors (Lipinski definition) is 0. The molecule has 82 valence electrons. The van der Waals surface area contributed by atoms with Gasteiger partial charge >= 0.3 is 0 Å². The molecule has 1 saturated heterocycles. The Kier molecular flexibility index (Phi) is 5.96. The summed E-state index contributed by atoms with van der Waals surface area (Å²) in [6, 6.07) is 0. The molecule has 0 aliphatic carbocycles. The van der Waals surface area contributed by atoms with Crippen LogP contribution in [-0.4, -0.2) is 43.0 Å². The monoisotopic (exact) mass is 219 g/mol. The molecule has 0 saturated carbocycles. The largest absolute Gasteiger partial charge is 0.370 e. The van der Waals surface area contributed by atoms with Crippen LogP contribution < -0.4 is 0 Å². The van der Waals surface area contributed by atoms with Gasteiger partial charge in [0, 0.05) is 19.0 Å². The van der Waals surface area contributed by atoms with Gasteiger partial charge in [0.25, 0.3) is 0 Å². The van der Waals surface area contributed by atoms with E-state index in [2.05, 4.69) is 0 Å². The highest BCUT2D eigenvalue weighted by Gasteiger charge is 2.17. The molecule has 1 amide bonds. The van der Waals surface area contributed by atoms with E-state index in [-0.39, 0.29) is 12.5 Å². The quantitative estimate of drug-likeness (QED) is 0.502. The van der Waals surface area contributed by atoms with Crippen LogP contribution in [0.1, 0.15) is 25.7 Å². The van der Waals surface area contributed by atoms with Crippen molar-refractivity contribution in [2.75, 3.05) is 32.2 Å². The van der Waals surface area contributed by atoms with Crippen LogP contribution in [0.2, 0.25) is 0 Å². The molecule has 1 aliphatic rings. The van der Waals surface area contributed by atoms with Gasteiger partial charge in [-0.25, -0.2) is 0 Å². The predicted octanol–water partition coefficient (Wildman–Crippen LogP) is 1.64. The maximum atomic E-state index is 11.3. The molecule has 1 fully saturated rings. The van der Waals surface area contributed by atoms with Gasteiger partial charge in [0.1, 0.15) is 6.61 Å². The van der Waals surface area contributed by atoms with Crippen molar-refractivity contribution in [2.45, 2.75) is 25.7 Å². The minimum atomic E-state index is 0.133. The number of alkyl halides is 1. The first-order chi connectivity index (χ1) is 6.84. The second-order valence-electron chi connectivity index (χ2n) is 3.54. The van der Waals surface area contributed by atoms with Crippen molar-refractivity contribution >= 4 is 17.5 Å². The molecule has 1 heterocycles. The lowest BCUT2D eigenvalue weighted by atomic mass is 10.2. The average Bonchev–Trinajstić information content (AvgIpc) is 2.20. The van der Waals surface area contributed by atoms with Crippen molar-refractivity contribution in [3.63, 3.8) is 0 Å². The summed E-state index contributed by atoms with van der Waals surface area (Å²) in [5, 5.41) is 0. The molecule has 0 N–H and O–H groups in total. The Balaban J connectivity index is 2.02.